The maximum absolute atomic E-state index is 5.38. The topological polar surface area (TPSA) is 52.0 Å². The Labute approximate surface area is 99.8 Å². The SMILES string of the molecule is Cc1cc(N[C@H]2CCOC2)c2cnn(C)c2n1. The van der Waals surface area contributed by atoms with Crippen molar-refractivity contribution in [3.05, 3.63) is 18.0 Å². The van der Waals surface area contributed by atoms with Crippen LogP contribution in [0.2, 0.25) is 0 Å². The highest BCUT2D eigenvalue weighted by atomic mass is 16.5. The molecule has 0 bridgehead atoms. The molecular weight excluding hydrogens is 216 g/mol. The first-order valence-corrected chi connectivity index (χ1v) is 5.87. The van der Waals surface area contributed by atoms with Crippen LogP contribution in [0.25, 0.3) is 11.0 Å². The van der Waals surface area contributed by atoms with Crippen molar-refractivity contribution in [1.82, 2.24) is 14.8 Å². The van der Waals surface area contributed by atoms with E-state index in [1.165, 1.54) is 0 Å². The first kappa shape index (κ1) is 10.5. The van der Waals surface area contributed by atoms with Gasteiger partial charge in [0.25, 0.3) is 0 Å². The van der Waals surface area contributed by atoms with Crippen molar-refractivity contribution in [2.75, 3.05) is 18.5 Å². The standard InChI is InChI=1S/C12H16N4O/c1-8-5-11(15-9-3-4-17-7-9)10-6-13-16(2)12(10)14-8/h5-6,9H,3-4,7H2,1-2H3,(H,14,15)/t9-/m0/s1. The lowest BCUT2D eigenvalue weighted by atomic mass is 10.2. The molecule has 2 aromatic rings. The number of nitrogens with zero attached hydrogens (tertiary/aromatic N) is 3. The number of hydrogen-bond acceptors (Lipinski definition) is 4. The Morgan fingerprint density at radius 3 is 3.18 bits per heavy atom. The summed E-state index contributed by atoms with van der Waals surface area (Å²) >= 11 is 0. The molecule has 0 radical (unpaired) electrons. The molecule has 0 aromatic carbocycles. The van der Waals surface area contributed by atoms with Crippen molar-refractivity contribution >= 4 is 16.7 Å². The van der Waals surface area contributed by atoms with Crippen molar-refractivity contribution in [3.8, 4) is 0 Å². The fourth-order valence-electron chi connectivity index (χ4n) is 2.23. The second-order valence-corrected chi connectivity index (χ2v) is 4.52. The van der Waals surface area contributed by atoms with Gasteiger partial charge >= 0.3 is 0 Å². The summed E-state index contributed by atoms with van der Waals surface area (Å²) in [6.07, 6.45) is 2.92. The highest BCUT2D eigenvalue weighted by molar-refractivity contribution is 5.89. The normalized spacial score (nSPS) is 20.0. The first-order valence-electron chi connectivity index (χ1n) is 5.87. The van der Waals surface area contributed by atoms with Crippen LogP contribution in [0.3, 0.4) is 0 Å². The molecule has 90 valence electrons. The van der Waals surface area contributed by atoms with Crippen LogP contribution in [0.15, 0.2) is 12.3 Å². The molecule has 0 amide bonds. The summed E-state index contributed by atoms with van der Waals surface area (Å²) in [5.41, 5.74) is 3.03. The van der Waals surface area contributed by atoms with Crippen LogP contribution in [-0.2, 0) is 11.8 Å². The van der Waals surface area contributed by atoms with Gasteiger partial charge in [-0.1, -0.05) is 0 Å². The van der Waals surface area contributed by atoms with Crippen LogP contribution in [0.4, 0.5) is 5.69 Å². The second kappa shape index (κ2) is 4.00. The Balaban J connectivity index is 2.02. The number of fused-ring (bicyclic) bond motifs is 1. The molecule has 5 nitrogen and oxygen atoms in total. The summed E-state index contributed by atoms with van der Waals surface area (Å²) < 4.78 is 7.18. The van der Waals surface area contributed by atoms with Crippen LogP contribution in [0.1, 0.15) is 12.1 Å². The molecule has 1 aliphatic heterocycles. The van der Waals surface area contributed by atoms with E-state index in [4.69, 9.17) is 4.74 Å². The highest BCUT2D eigenvalue weighted by Crippen LogP contribution is 2.24. The number of hydrogen-bond donors (Lipinski definition) is 1. The molecule has 2 aromatic heterocycles. The molecule has 1 saturated heterocycles. The third kappa shape index (κ3) is 1.86. The average Bonchev–Trinajstić information content (AvgIpc) is 2.90. The van der Waals surface area contributed by atoms with Gasteiger partial charge in [-0.15, -0.1) is 0 Å². The molecule has 3 rings (SSSR count). The molecule has 1 fully saturated rings. The van der Waals surface area contributed by atoms with Gasteiger partial charge in [0.2, 0.25) is 0 Å². The van der Waals surface area contributed by atoms with Crippen LogP contribution in [0.5, 0.6) is 0 Å². The zero-order chi connectivity index (χ0) is 11.8. The summed E-state index contributed by atoms with van der Waals surface area (Å²) in [7, 11) is 1.91. The Morgan fingerprint density at radius 1 is 1.53 bits per heavy atom. The minimum absolute atomic E-state index is 0.403. The number of anilines is 1. The van der Waals surface area contributed by atoms with E-state index in [-0.39, 0.29) is 0 Å². The maximum Gasteiger partial charge on any atom is 0.159 e. The molecule has 1 aliphatic rings. The highest BCUT2D eigenvalue weighted by Gasteiger charge is 2.17. The maximum atomic E-state index is 5.38. The van der Waals surface area contributed by atoms with E-state index in [1.807, 2.05) is 20.2 Å². The van der Waals surface area contributed by atoms with Crippen LogP contribution >= 0.6 is 0 Å². The predicted octanol–water partition coefficient (Wildman–Crippen LogP) is 1.48. The van der Waals surface area contributed by atoms with Gasteiger partial charge in [-0.2, -0.15) is 5.10 Å². The van der Waals surface area contributed by atoms with Gasteiger partial charge in [-0.05, 0) is 19.4 Å². The number of nitrogens with one attached hydrogen (secondary N) is 1. The third-order valence-corrected chi connectivity index (χ3v) is 3.12. The zero-order valence-corrected chi connectivity index (χ0v) is 10.1. The molecule has 5 heteroatoms. The monoisotopic (exact) mass is 232 g/mol. The van der Waals surface area contributed by atoms with Gasteiger partial charge in [0.05, 0.1) is 24.2 Å². The van der Waals surface area contributed by atoms with E-state index >= 15 is 0 Å². The molecule has 1 N–H and O–H groups in total. The first-order chi connectivity index (χ1) is 8.24. The minimum atomic E-state index is 0.403. The summed E-state index contributed by atoms with van der Waals surface area (Å²) in [6, 6.07) is 2.47. The molecule has 1 atom stereocenters. The molecule has 0 unspecified atom stereocenters. The van der Waals surface area contributed by atoms with Crippen molar-refractivity contribution in [2.45, 2.75) is 19.4 Å². The van der Waals surface area contributed by atoms with E-state index in [9.17, 15) is 0 Å². The number of aryl methyl sites for hydroxylation is 2. The summed E-state index contributed by atoms with van der Waals surface area (Å²) in [5.74, 6) is 0. The Kier molecular flexibility index (Phi) is 2.48. The van der Waals surface area contributed by atoms with E-state index in [0.29, 0.717) is 6.04 Å². The molecule has 3 heterocycles. The summed E-state index contributed by atoms with van der Waals surface area (Å²) in [5, 5.41) is 8.85. The van der Waals surface area contributed by atoms with E-state index in [0.717, 1.165) is 42.0 Å². The van der Waals surface area contributed by atoms with Gasteiger partial charge in [-0.3, -0.25) is 4.68 Å². The van der Waals surface area contributed by atoms with Gasteiger partial charge in [-0.25, -0.2) is 4.98 Å². The second-order valence-electron chi connectivity index (χ2n) is 4.52. The molecule has 17 heavy (non-hydrogen) atoms. The molecule has 0 saturated carbocycles. The van der Waals surface area contributed by atoms with Crippen molar-refractivity contribution in [3.63, 3.8) is 0 Å². The Bertz CT molecular complexity index is 543. The lowest BCUT2D eigenvalue weighted by Crippen LogP contribution is -2.19. The van der Waals surface area contributed by atoms with Gasteiger partial charge in [0, 0.05) is 25.0 Å². The molecular formula is C12H16N4O. The van der Waals surface area contributed by atoms with Crippen LogP contribution < -0.4 is 5.32 Å². The predicted molar refractivity (Wildman–Crippen MR) is 66.1 cm³/mol. The number of ether oxygens (including phenoxy) is 1. The third-order valence-electron chi connectivity index (χ3n) is 3.12. The number of pyridine rings is 1. The van der Waals surface area contributed by atoms with Gasteiger partial charge in [0.1, 0.15) is 0 Å². The van der Waals surface area contributed by atoms with E-state index in [1.54, 1.807) is 4.68 Å². The van der Waals surface area contributed by atoms with E-state index in [2.05, 4.69) is 21.5 Å². The zero-order valence-electron chi connectivity index (χ0n) is 10.1. The van der Waals surface area contributed by atoms with Gasteiger partial charge < -0.3 is 10.1 Å². The largest absolute Gasteiger partial charge is 0.379 e. The average molecular weight is 232 g/mol. The smallest absolute Gasteiger partial charge is 0.159 e. The number of rotatable bonds is 2. The summed E-state index contributed by atoms with van der Waals surface area (Å²) in [4.78, 5) is 4.50. The van der Waals surface area contributed by atoms with Crippen molar-refractivity contribution in [2.24, 2.45) is 7.05 Å². The minimum Gasteiger partial charge on any atom is -0.379 e. The van der Waals surface area contributed by atoms with Crippen LogP contribution in [0, 0.1) is 6.92 Å². The molecule has 0 aliphatic carbocycles. The fraction of sp³-hybridized carbons (Fsp3) is 0.500. The summed E-state index contributed by atoms with van der Waals surface area (Å²) in [6.45, 7) is 3.63. The lowest BCUT2D eigenvalue weighted by molar-refractivity contribution is 0.195. The quantitative estimate of drug-likeness (QED) is 0.852. The van der Waals surface area contributed by atoms with Crippen molar-refractivity contribution in [1.29, 1.82) is 0 Å². The van der Waals surface area contributed by atoms with Gasteiger partial charge in [0.15, 0.2) is 5.65 Å². The fourth-order valence-corrected chi connectivity index (χ4v) is 2.23. The lowest BCUT2D eigenvalue weighted by Gasteiger charge is -2.13. The Hall–Kier alpha value is -1.62. The Morgan fingerprint density at radius 2 is 2.41 bits per heavy atom. The molecule has 0 spiro atoms. The van der Waals surface area contributed by atoms with Crippen molar-refractivity contribution < 1.29 is 4.74 Å². The van der Waals surface area contributed by atoms with E-state index < -0.39 is 0 Å². The number of aromatic nitrogens is 3. The van der Waals surface area contributed by atoms with Crippen LogP contribution in [-0.4, -0.2) is 34.0 Å².